The summed E-state index contributed by atoms with van der Waals surface area (Å²) in [6, 6.07) is 4.59. The molecule has 2 atom stereocenters. The van der Waals surface area contributed by atoms with Crippen LogP contribution in [0.15, 0.2) is 29.9 Å². The van der Waals surface area contributed by atoms with Crippen LogP contribution in [0.5, 0.6) is 0 Å². The van der Waals surface area contributed by atoms with Crippen molar-refractivity contribution in [3.63, 3.8) is 0 Å². The molecule has 6 heteroatoms. The summed E-state index contributed by atoms with van der Waals surface area (Å²) in [5, 5.41) is 6.12. The van der Waals surface area contributed by atoms with Gasteiger partial charge in [0.25, 0.3) is 0 Å². The van der Waals surface area contributed by atoms with E-state index in [-0.39, 0.29) is 5.91 Å². The number of amides is 1. The number of pyridine rings is 1. The third-order valence-electron chi connectivity index (χ3n) is 5.05. The fourth-order valence-electron chi connectivity index (χ4n) is 3.84. The van der Waals surface area contributed by atoms with E-state index in [1.807, 2.05) is 12.1 Å². The van der Waals surface area contributed by atoms with Gasteiger partial charge in [-0.05, 0) is 37.3 Å². The number of nitrogens with zero attached hydrogens (tertiary/aromatic N) is 3. The number of likely N-dealkylation sites (tertiary alicyclic amines) is 1. The molecular formula is C18H22N4OS. The molecule has 2 aromatic heterocycles. The Morgan fingerprint density at radius 3 is 2.96 bits per heavy atom. The van der Waals surface area contributed by atoms with Crippen molar-refractivity contribution in [3.05, 3.63) is 35.6 Å². The normalized spacial score (nSPS) is 22.8. The van der Waals surface area contributed by atoms with Gasteiger partial charge in [0.2, 0.25) is 5.91 Å². The number of hydrogen-bond donors (Lipinski definition) is 1. The van der Waals surface area contributed by atoms with Gasteiger partial charge in [0.15, 0.2) is 0 Å². The van der Waals surface area contributed by atoms with Gasteiger partial charge in [-0.3, -0.25) is 14.7 Å². The van der Waals surface area contributed by atoms with E-state index in [1.54, 1.807) is 23.7 Å². The predicted molar refractivity (Wildman–Crippen MR) is 94.8 cm³/mol. The minimum Gasteiger partial charge on any atom is -0.355 e. The molecule has 1 aliphatic carbocycles. The molecule has 0 unspecified atom stereocenters. The first-order valence-corrected chi connectivity index (χ1v) is 9.51. The maximum absolute atomic E-state index is 12.1. The van der Waals surface area contributed by atoms with Gasteiger partial charge in [-0.2, -0.15) is 0 Å². The molecule has 1 N–H and O–H groups in total. The van der Waals surface area contributed by atoms with E-state index in [9.17, 15) is 4.79 Å². The first-order valence-electron chi connectivity index (χ1n) is 8.63. The molecule has 0 spiro atoms. The zero-order chi connectivity index (χ0) is 16.4. The van der Waals surface area contributed by atoms with E-state index in [2.05, 4.69) is 25.6 Å². The Morgan fingerprint density at radius 1 is 1.33 bits per heavy atom. The molecule has 1 aliphatic heterocycles. The fraction of sp³-hybridized carbons (Fsp3) is 0.500. The van der Waals surface area contributed by atoms with Gasteiger partial charge in [0, 0.05) is 48.9 Å². The Bertz CT molecular complexity index is 702. The number of hydrogen-bond acceptors (Lipinski definition) is 5. The Hall–Kier alpha value is -1.79. The number of carbonyl (C=O) groups excluding carboxylic acids is 1. The van der Waals surface area contributed by atoms with Crippen LogP contribution in [0.2, 0.25) is 0 Å². The van der Waals surface area contributed by atoms with Crippen molar-refractivity contribution in [3.8, 4) is 10.6 Å². The summed E-state index contributed by atoms with van der Waals surface area (Å²) in [5.74, 6) is 0.983. The second-order valence-corrected chi connectivity index (χ2v) is 7.60. The summed E-state index contributed by atoms with van der Waals surface area (Å²) in [5.41, 5.74) is 2.13. The monoisotopic (exact) mass is 342 g/mol. The van der Waals surface area contributed by atoms with Crippen LogP contribution in [0.3, 0.4) is 0 Å². The topological polar surface area (TPSA) is 58.1 Å². The van der Waals surface area contributed by atoms with Crippen molar-refractivity contribution in [2.45, 2.75) is 31.7 Å². The lowest BCUT2D eigenvalue weighted by atomic mass is 10.1. The van der Waals surface area contributed by atoms with E-state index < -0.39 is 0 Å². The molecule has 3 heterocycles. The van der Waals surface area contributed by atoms with E-state index in [0.29, 0.717) is 19.1 Å². The van der Waals surface area contributed by atoms with Crippen LogP contribution in [0.25, 0.3) is 10.6 Å². The third kappa shape index (κ3) is 3.49. The Balaban J connectivity index is 1.23. The van der Waals surface area contributed by atoms with Crippen LogP contribution in [-0.2, 0) is 11.2 Å². The quantitative estimate of drug-likeness (QED) is 0.875. The first-order chi connectivity index (χ1) is 11.8. The molecule has 1 saturated carbocycles. The molecule has 2 aromatic rings. The molecule has 1 saturated heterocycles. The number of aromatic nitrogens is 2. The van der Waals surface area contributed by atoms with Crippen LogP contribution >= 0.6 is 11.3 Å². The second kappa shape index (κ2) is 6.99. The summed E-state index contributed by atoms with van der Waals surface area (Å²) in [7, 11) is 0. The van der Waals surface area contributed by atoms with E-state index in [1.165, 1.54) is 19.3 Å². The molecule has 0 aromatic carbocycles. The van der Waals surface area contributed by atoms with E-state index in [4.69, 9.17) is 0 Å². The minimum absolute atomic E-state index is 0.145. The van der Waals surface area contributed by atoms with Gasteiger partial charge in [-0.1, -0.05) is 0 Å². The maximum Gasteiger partial charge on any atom is 0.234 e. The average Bonchev–Trinajstić information content (AvgIpc) is 3.32. The summed E-state index contributed by atoms with van der Waals surface area (Å²) in [6.07, 6.45) is 8.26. The summed E-state index contributed by atoms with van der Waals surface area (Å²) >= 11 is 1.64. The van der Waals surface area contributed by atoms with Crippen LogP contribution in [-0.4, -0.2) is 46.5 Å². The number of thiazole rings is 1. The van der Waals surface area contributed by atoms with Crippen molar-refractivity contribution >= 4 is 17.2 Å². The standard InChI is InChI=1S/C18H22N4OS/c23-17(11-22-10-13-1-2-16(22)9-13)20-8-5-15-12-24-18(21-15)14-3-6-19-7-4-14/h3-4,6-7,12-13,16H,1-2,5,8-11H2,(H,20,23)/t13-,16+/m0/s1. The molecular weight excluding hydrogens is 320 g/mol. The second-order valence-electron chi connectivity index (χ2n) is 6.74. The number of carbonyl (C=O) groups is 1. The SMILES string of the molecule is O=C(CN1C[C@H]2CC[C@@H]1C2)NCCc1csc(-c2ccncc2)n1. The molecule has 1 amide bonds. The van der Waals surface area contributed by atoms with Gasteiger partial charge in [-0.15, -0.1) is 11.3 Å². The molecule has 126 valence electrons. The molecule has 2 fully saturated rings. The van der Waals surface area contributed by atoms with E-state index in [0.717, 1.165) is 35.1 Å². The van der Waals surface area contributed by atoms with E-state index >= 15 is 0 Å². The van der Waals surface area contributed by atoms with Gasteiger partial charge in [0.1, 0.15) is 5.01 Å². The van der Waals surface area contributed by atoms with Gasteiger partial charge in [0.05, 0.1) is 12.2 Å². The van der Waals surface area contributed by atoms with Crippen molar-refractivity contribution in [1.29, 1.82) is 0 Å². The maximum atomic E-state index is 12.1. The molecule has 4 rings (SSSR count). The van der Waals surface area contributed by atoms with Crippen molar-refractivity contribution in [2.24, 2.45) is 5.92 Å². The smallest absolute Gasteiger partial charge is 0.234 e. The number of piperidine rings is 1. The Kier molecular flexibility index (Phi) is 4.58. The lowest BCUT2D eigenvalue weighted by molar-refractivity contribution is -0.122. The molecule has 24 heavy (non-hydrogen) atoms. The number of nitrogens with one attached hydrogen (secondary N) is 1. The van der Waals surface area contributed by atoms with Crippen molar-refractivity contribution in [1.82, 2.24) is 20.2 Å². The Labute approximate surface area is 146 Å². The van der Waals surface area contributed by atoms with Crippen molar-refractivity contribution < 1.29 is 4.79 Å². The lowest BCUT2D eigenvalue weighted by Gasteiger charge is -2.25. The van der Waals surface area contributed by atoms with Crippen LogP contribution in [0.1, 0.15) is 25.0 Å². The zero-order valence-corrected chi connectivity index (χ0v) is 14.5. The zero-order valence-electron chi connectivity index (χ0n) is 13.6. The lowest BCUT2D eigenvalue weighted by Crippen LogP contribution is -2.41. The van der Waals surface area contributed by atoms with Crippen molar-refractivity contribution in [2.75, 3.05) is 19.6 Å². The number of fused-ring (bicyclic) bond motifs is 2. The number of rotatable bonds is 6. The first kappa shape index (κ1) is 15.7. The van der Waals surface area contributed by atoms with Crippen LogP contribution in [0, 0.1) is 5.92 Å². The fourth-order valence-corrected chi connectivity index (χ4v) is 4.70. The van der Waals surface area contributed by atoms with Crippen LogP contribution in [0.4, 0.5) is 0 Å². The summed E-state index contributed by atoms with van der Waals surface area (Å²) < 4.78 is 0. The average molecular weight is 342 g/mol. The molecule has 2 aliphatic rings. The van der Waals surface area contributed by atoms with Crippen LogP contribution < -0.4 is 5.32 Å². The summed E-state index contributed by atoms with van der Waals surface area (Å²) in [6.45, 7) is 2.32. The predicted octanol–water partition coefficient (Wildman–Crippen LogP) is 2.35. The van der Waals surface area contributed by atoms with Gasteiger partial charge < -0.3 is 5.32 Å². The molecule has 2 bridgehead atoms. The van der Waals surface area contributed by atoms with Gasteiger partial charge >= 0.3 is 0 Å². The molecule has 0 radical (unpaired) electrons. The third-order valence-corrected chi connectivity index (χ3v) is 5.99. The summed E-state index contributed by atoms with van der Waals surface area (Å²) in [4.78, 5) is 23.1. The highest BCUT2D eigenvalue weighted by atomic mass is 32.1. The molecule has 5 nitrogen and oxygen atoms in total. The largest absolute Gasteiger partial charge is 0.355 e. The Morgan fingerprint density at radius 2 is 2.21 bits per heavy atom. The highest BCUT2D eigenvalue weighted by molar-refractivity contribution is 7.13. The highest BCUT2D eigenvalue weighted by Crippen LogP contribution is 2.36. The highest BCUT2D eigenvalue weighted by Gasteiger charge is 2.38. The van der Waals surface area contributed by atoms with Gasteiger partial charge in [-0.25, -0.2) is 4.98 Å². The minimum atomic E-state index is 0.145.